The average molecular weight is 318 g/mol. The summed E-state index contributed by atoms with van der Waals surface area (Å²) in [5.41, 5.74) is 2.17. The summed E-state index contributed by atoms with van der Waals surface area (Å²) in [6.45, 7) is 11.2. The minimum absolute atomic E-state index is 0.00105. The van der Waals surface area contributed by atoms with Gasteiger partial charge in [0.15, 0.2) is 0 Å². The first-order chi connectivity index (χ1) is 10.8. The van der Waals surface area contributed by atoms with Crippen LogP contribution in [-0.4, -0.2) is 41.8 Å². The second-order valence-electron chi connectivity index (χ2n) is 7.39. The smallest absolute Gasteiger partial charge is 0.228 e. The van der Waals surface area contributed by atoms with Crippen LogP contribution in [0.1, 0.15) is 32.9 Å². The van der Waals surface area contributed by atoms with Gasteiger partial charge in [-0.1, -0.05) is 20.8 Å². The molecule has 1 atom stereocenters. The number of amides is 2. The lowest BCUT2D eigenvalue weighted by atomic mass is 9.96. The van der Waals surface area contributed by atoms with E-state index in [1.807, 2.05) is 0 Å². The molecule has 2 amide bonds. The van der Waals surface area contributed by atoms with E-state index >= 15 is 0 Å². The summed E-state index contributed by atoms with van der Waals surface area (Å²) in [4.78, 5) is 29.6. The number of likely N-dealkylation sites (tertiary alicyclic amines) is 1. The van der Waals surface area contributed by atoms with E-state index in [4.69, 9.17) is 0 Å². The minimum Gasteiger partial charge on any atom is -0.327 e. The SMILES string of the molecule is Cc1ncc(NC(=O)C2CCN(CC(C)(C)C)C2)cc1NC=O. The van der Waals surface area contributed by atoms with Crippen LogP contribution in [0.4, 0.5) is 11.4 Å². The highest BCUT2D eigenvalue weighted by Crippen LogP contribution is 2.24. The summed E-state index contributed by atoms with van der Waals surface area (Å²) >= 11 is 0. The fourth-order valence-corrected chi connectivity index (χ4v) is 2.92. The van der Waals surface area contributed by atoms with E-state index in [1.54, 1.807) is 19.2 Å². The number of carbonyl (C=O) groups excluding carboxylic acids is 2. The van der Waals surface area contributed by atoms with E-state index in [0.717, 1.165) is 26.1 Å². The molecule has 6 nitrogen and oxygen atoms in total. The zero-order chi connectivity index (χ0) is 17.0. The van der Waals surface area contributed by atoms with Crippen LogP contribution in [-0.2, 0) is 9.59 Å². The molecule has 2 N–H and O–H groups in total. The van der Waals surface area contributed by atoms with Gasteiger partial charge in [0.1, 0.15) is 0 Å². The Bertz CT molecular complexity index is 580. The van der Waals surface area contributed by atoms with Crippen molar-refractivity contribution in [3.05, 3.63) is 18.0 Å². The largest absolute Gasteiger partial charge is 0.327 e. The van der Waals surface area contributed by atoms with Crippen LogP contribution in [0.25, 0.3) is 0 Å². The molecule has 1 aromatic rings. The van der Waals surface area contributed by atoms with Crippen LogP contribution >= 0.6 is 0 Å². The van der Waals surface area contributed by atoms with Crippen molar-refractivity contribution >= 4 is 23.7 Å². The molecule has 1 aliphatic rings. The lowest BCUT2D eigenvalue weighted by molar-refractivity contribution is -0.119. The van der Waals surface area contributed by atoms with Gasteiger partial charge in [0, 0.05) is 13.1 Å². The Labute approximate surface area is 137 Å². The Morgan fingerprint density at radius 2 is 2.22 bits per heavy atom. The molecule has 126 valence electrons. The quantitative estimate of drug-likeness (QED) is 0.817. The average Bonchev–Trinajstić information content (AvgIpc) is 2.89. The van der Waals surface area contributed by atoms with Gasteiger partial charge in [0.2, 0.25) is 12.3 Å². The third-order valence-electron chi connectivity index (χ3n) is 3.91. The Morgan fingerprint density at radius 3 is 2.87 bits per heavy atom. The highest BCUT2D eigenvalue weighted by molar-refractivity contribution is 5.93. The number of hydrogen-bond donors (Lipinski definition) is 2. The number of nitrogens with zero attached hydrogens (tertiary/aromatic N) is 2. The topological polar surface area (TPSA) is 74.3 Å². The van der Waals surface area contributed by atoms with Gasteiger partial charge < -0.3 is 15.5 Å². The molecule has 1 unspecified atom stereocenters. The van der Waals surface area contributed by atoms with Crippen molar-refractivity contribution in [2.45, 2.75) is 34.1 Å². The minimum atomic E-state index is 0.00105. The van der Waals surface area contributed by atoms with Crippen LogP contribution in [0.15, 0.2) is 12.3 Å². The number of rotatable bonds is 5. The molecule has 6 heteroatoms. The number of aromatic nitrogens is 1. The molecule has 0 aromatic carbocycles. The first kappa shape index (κ1) is 17.4. The van der Waals surface area contributed by atoms with E-state index in [9.17, 15) is 9.59 Å². The number of hydrogen-bond acceptors (Lipinski definition) is 4. The summed E-state index contributed by atoms with van der Waals surface area (Å²) < 4.78 is 0. The molecule has 1 saturated heterocycles. The Morgan fingerprint density at radius 1 is 1.48 bits per heavy atom. The molecule has 0 radical (unpaired) electrons. The maximum absolute atomic E-state index is 12.4. The van der Waals surface area contributed by atoms with Gasteiger partial charge in [-0.15, -0.1) is 0 Å². The molecule has 23 heavy (non-hydrogen) atoms. The van der Waals surface area contributed by atoms with Crippen molar-refractivity contribution in [2.75, 3.05) is 30.3 Å². The Balaban J connectivity index is 1.95. The molecular weight excluding hydrogens is 292 g/mol. The predicted octanol–water partition coefficient (Wildman–Crippen LogP) is 2.26. The van der Waals surface area contributed by atoms with E-state index < -0.39 is 0 Å². The predicted molar refractivity (Wildman–Crippen MR) is 91.3 cm³/mol. The summed E-state index contributed by atoms with van der Waals surface area (Å²) in [7, 11) is 0. The van der Waals surface area contributed by atoms with Crippen molar-refractivity contribution in [1.82, 2.24) is 9.88 Å². The number of carbonyl (C=O) groups is 2. The van der Waals surface area contributed by atoms with Crippen LogP contribution in [0, 0.1) is 18.3 Å². The maximum atomic E-state index is 12.4. The standard InChI is InChI=1S/C17H26N4O2/c1-12-15(19-11-22)7-14(8-18-12)20-16(23)13-5-6-21(9-13)10-17(2,3)4/h7-8,11,13H,5-6,9-10H2,1-4H3,(H,19,22)(H,20,23). The molecule has 1 fully saturated rings. The van der Waals surface area contributed by atoms with Crippen LogP contribution < -0.4 is 10.6 Å². The number of aryl methyl sites for hydroxylation is 1. The molecule has 1 aliphatic heterocycles. The van der Waals surface area contributed by atoms with Gasteiger partial charge in [0.25, 0.3) is 0 Å². The number of anilines is 2. The maximum Gasteiger partial charge on any atom is 0.228 e. The third kappa shape index (κ3) is 5.03. The summed E-state index contributed by atoms with van der Waals surface area (Å²) in [6.07, 6.45) is 3.10. The fraction of sp³-hybridized carbons (Fsp3) is 0.588. The Hall–Kier alpha value is -1.95. The van der Waals surface area contributed by atoms with Gasteiger partial charge in [-0.2, -0.15) is 0 Å². The van der Waals surface area contributed by atoms with Crippen molar-refractivity contribution in [1.29, 1.82) is 0 Å². The molecule has 0 aliphatic carbocycles. The highest BCUT2D eigenvalue weighted by atomic mass is 16.2. The summed E-state index contributed by atoms with van der Waals surface area (Å²) in [5, 5.41) is 5.50. The second-order valence-corrected chi connectivity index (χ2v) is 7.39. The molecule has 0 spiro atoms. The fourth-order valence-electron chi connectivity index (χ4n) is 2.92. The van der Waals surface area contributed by atoms with Crippen molar-refractivity contribution in [2.24, 2.45) is 11.3 Å². The van der Waals surface area contributed by atoms with E-state index in [2.05, 4.69) is 41.3 Å². The van der Waals surface area contributed by atoms with Crippen molar-refractivity contribution in [3.63, 3.8) is 0 Å². The molecule has 0 saturated carbocycles. The lowest BCUT2D eigenvalue weighted by Gasteiger charge is -2.26. The van der Waals surface area contributed by atoms with E-state index in [-0.39, 0.29) is 17.2 Å². The van der Waals surface area contributed by atoms with Crippen molar-refractivity contribution < 1.29 is 9.59 Å². The number of nitrogens with one attached hydrogen (secondary N) is 2. The third-order valence-corrected chi connectivity index (χ3v) is 3.91. The van der Waals surface area contributed by atoms with Crippen molar-refractivity contribution in [3.8, 4) is 0 Å². The summed E-state index contributed by atoms with van der Waals surface area (Å²) in [5.74, 6) is 0.0187. The zero-order valence-electron chi connectivity index (χ0n) is 14.3. The zero-order valence-corrected chi connectivity index (χ0v) is 14.3. The normalized spacial score (nSPS) is 18.7. The van der Waals surface area contributed by atoms with E-state index in [1.165, 1.54) is 0 Å². The molecule has 2 heterocycles. The first-order valence-corrected chi connectivity index (χ1v) is 7.98. The van der Waals surface area contributed by atoms with Gasteiger partial charge in [-0.05, 0) is 31.4 Å². The summed E-state index contributed by atoms with van der Waals surface area (Å²) in [6, 6.07) is 1.73. The van der Waals surface area contributed by atoms with Gasteiger partial charge >= 0.3 is 0 Å². The van der Waals surface area contributed by atoms with Gasteiger partial charge in [0.05, 0.1) is 29.2 Å². The van der Waals surface area contributed by atoms with Gasteiger partial charge in [-0.25, -0.2) is 0 Å². The molecule has 0 bridgehead atoms. The molecular formula is C17H26N4O2. The van der Waals surface area contributed by atoms with E-state index in [0.29, 0.717) is 23.5 Å². The monoisotopic (exact) mass is 318 g/mol. The Kier molecular flexibility index (Phi) is 5.36. The van der Waals surface area contributed by atoms with Crippen LogP contribution in [0.3, 0.4) is 0 Å². The highest BCUT2D eigenvalue weighted by Gasteiger charge is 2.30. The lowest BCUT2D eigenvalue weighted by Crippen LogP contribution is -2.32. The number of pyridine rings is 1. The van der Waals surface area contributed by atoms with Crippen LogP contribution in [0.2, 0.25) is 0 Å². The van der Waals surface area contributed by atoms with Crippen LogP contribution in [0.5, 0.6) is 0 Å². The first-order valence-electron chi connectivity index (χ1n) is 7.98. The molecule has 2 rings (SSSR count). The molecule has 1 aromatic heterocycles. The van der Waals surface area contributed by atoms with Gasteiger partial charge in [-0.3, -0.25) is 14.6 Å². The second kappa shape index (κ2) is 7.08.